The van der Waals surface area contributed by atoms with E-state index in [1.807, 2.05) is 0 Å². The fraction of sp³-hybridized carbons (Fsp3) is 0.150. The summed E-state index contributed by atoms with van der Waals surface area (Å²) < 4.78 is 58.5. The van der Waals surface area contributed by atoms with Crippen molar-refractivity contribution in [3.8, 4) is 11.8 Å². The first-order valence-electron chi connectivity index (χ1n) is 8.42. The summed E-state index contributed by atoms with van der Waals surface area (Å²) in [6, 6.07) is 9.98. The summed E-state index contributed by atoms with van der Waals surface area (Å²) in [6.07, 6.45) is -4.67. The molecule has 2 aromatic carbocycles. The number of nitrogens with one attached hydrogen (secondary N) is 1. The van der Waals surface area contributed by atoms with Gasteiger partial charge < -0.3 is 10.1 Å². The molecule has 0 saturated carbocycles. The minimum atomic E-state index is -4.67. The lowest BCUT2D eigenvalue weighted by Crippen LogP contribution is -2.20. The van der Waals surface area contributed by atoms with Crippen LogP contribution in [-0.2, 0) is 6.18 Å². The van der Waals surface area contributed by atoms with Gasteiger partial charge in [0.05, 0.1) is 28.2 Å². The van der Waals surface area contributed by atoms with Gasteiger partial charge in [-0.25, -0.2) is 4.39 Å². The molecule has 0 spiro atoms. The van der Waals surface area contributed by atoms with E-state index >= 15 is 0 Å². The molecule has 0 bridgehead atoms. The molecule has 1 amide bonds. The first-order valence-corrected chi connectivity index (χ1v) is 8.42. The van der Waals surface area contributed by atoms with E-state index in [0.29, 0.717) is 0 Å². The number of ether oxygens (including phenoxy) is 1. The molecule has 1 heterocycles. The van der Waals surface area contributed by atoms with E-state index in [9.17, 15) is 22.4 Å². The van der Waals surface area contributed by atoms with Gasteiger partial charge in [0.1, 0.15) is 0 Å². The molecule has 5 nitrogen and oxygen atoms in total. The van der Waals surface area contributed by atoms with Crippen LogP contribution in [0.15, 0.2) is 48.5 Å². The number of carbonyl (C=O) groups is 1. The summed E-state index contributed by atoms with van der Waals surface area (Å²) >= 11 is 0. The SMILES string of the molecule is Cc1nc(Oc2ccccc2F)nc(C)c1NC(=O)c1ccccc1C(F)(F)F. The maximum Gasteiger partial charge on any atom is 0.417 e. The van der Waals surface area contributed by atoms with Gasteiger partial charge in [-0.1, -0.05) is 24.3 Å². The van der Waals surface area contributed by atoms with Crippen molar-refractivity contribution >= 4 is 11.6 Å². The van der Waals surface area contributed by atoms with Gasteiger partial charge in [0, 0.05) is 0 Å². The van der Waals surface area contributed by atoms with E-state index in [1.165, 1.54) is 44.2 Å². The van der Waals surface area contributed by atoms with Crippen LogP contribution in [0, 0.1) is 19.7 Å². The topological polar surface area (TPSA) is 64.1 Å². The predicted octanol–water partition coefficient (Wildman–Crippen LogP) is 5.30. The quantitative estimate of drug-likeness (QED) is 0.599. The molecule has 0 saturated heterocycles. The maximum absolute atomic E-state index is 13.7. The van der Waals surface area contributed by atoms with Gasteiger partial charge >= 0.3 is 12.2 Å². The van der Waals surface area contributed by atoms with Crippen LogP contribution in [0.1, 0.15) is 27.3 Å². The minimum absolute atomic E-state index is 0.0813. The fourth-order valence-corrected chi connectivity index (χ4v) is 2.65. The first-order chi connectivity index (χ1) is 13.7. The number of hydrogen-bond donors (Lipinski definition) is 1. The molecule has 3 aromatic rings. The Morgan fingerprint density at radius 1 is 0.966 bits per heavy atom. The fourth-order valence-electron chi connectivity index (χ4n) is 2.65. The second kappa shape index (κ2) is 7.86. The van der Waals surface area contributed by atoms with Gasteiger partial charge in [0.25, 0.3) is 5.91 Å². The number of halogens is 4. The summed E-state index contributed by atoms with van der Waals surface area (Å²) in [4.78, 5) is 20.6. The Hall–Kier alpha value is -3.49. The van der Waals surface area contributed by atoms with Crippen molar-refractivity contribution in [3.05, 3.63) is 76.9 Å². The molecule has 0 aliphatic heterocycles. The highest BCUT2D eigenvalue weighted by Crippen LogP contribution is 2.32. The molecule has 0 unspecified atom stereocenters. The number of carbonyl (C=O) groups excluding carboxylic acids is 1. The van der Waals surface area contributed by atoms with Crippen LogP contribution in [0.2, 0.25) is 0 Å². The van der Waals surface area contributed by atoms with Gasteiger partial charge in [0.15, 0.2) is 11.6 Å². The van der Waals surface area contributed by atoms with E-state index in [1.54, 1.807) is 6.07 Å². The van der Waals surface area contributed by atoms with Crippen molar-refractivity contribution < 1.29 is 27.1 Å². The Bertz CT molecular complexity index is 1040. The molecular formula is C20H15F4N3O2. The van der Waals surface area contributed by atoms with Crippen molar-refractivity contribution in [2.45, 2.75) is 20.0 Å². The zero-order chi connectivity index (χ0) is 21.2. The van der Waals surface area contributed by atoms with Crippen LogP contribution < -0.4 is 10.1 Å². The van der Waals surface area contributed by atoms with E-state index in [0.717, 1.165) is 12.1 Å². The number of para-hydroxylation sites is 1. The Morgan fingerprint density at radius 2 is 1.55 bits per heavy atom. The number of benzene rings is 2. The Kier molecular flexibility index (Phi) is 5.49. The second-order valence-electron chi connectivity index (χ2n) is 6.08. The van der Waals surface area contributed by atoms with Crippen molar-refractivity contribution in [3.63, 3.8) is 0 Å². The van der Waals surface area contributed by atoms with E-state index in [-0.39, 0.29) is 28.8 Å². The molecule has 3 rings (SSSR count). The number of aryl methyl sites for hydroxylation is 2. The van der Waals surface area contributed by atoms with Crippen LogP contribution in [0.3, 0.4) is 0 Å². The highest BCUT2D eigenvalue weighted by atomic mass is 19.4. The summed E-state index contributed by atoms with van der Waals surface area (Å²) in [5.74, 6) is -1.63. The van der Waals surface area contributed by atoms with Crippen molar-refractivity contribution in [2.75, 3.05) is 5.32 Å². The third-order valence-corrected chi connectivity index (χ3v) is 4.00. The normalized spacial score (nSPS) is 11.2. The van der Waals surface area contributed by atoms with Gasteiger partial charge in [-0.2, -0.15) is 23.1 Å². The van der Waals surface area contributed by atoms with Crippen LogP contribution >= 0.6 is 0 Å². The van der Waals surface area contributed by atoms with Gasteiger partial charge in [-0.05, 0) is 38.1 Å². The third kappa shape index (κ3) is 4.50. The molecular weight excluding hydrogens is 390 g/mol. The average molecular weight is 405 g/mol. The molecule has 1 N–H and O–H groups in total. The standard InChI is InChI=1S/C20H15F4N3O2/c1-11-17(27-18(28)13-7-3-4-8-14(13)20(22,23)24)12(2)26-19(25-11)29-16-10-6-5-9-15(16)21/h3-10H,1-2H3,(H,27,28). The number of rotatable bonds is 4. The van der Waals surface area contributed by atoms with Gasteiger partial charge in [-0.3, -0.25) is 4.79 Å². The smallest absolute Gasteiger partial charge is 0.417 e. The number of amides is 1. The lowest BCUT2D eigenvalue weighted by Gasteiger charge is -2.15. The van der Waals surface area contributed by atoms with Gasteiger partial charge in [-0.15, -0.1) is 0 Å². The lowest BCUT2D eigenvalue weighted by atomic mass is 10.1. The molecule has 1 aromatic heterocycles. The predicted molar refractivity (Wildman–Crippen MR) is 97.4 cm³/mol. The molecule has 0 atom stereocenters. The summed E-state index contributed by atoms with van der Waals surface area (Å²) in [5, 5.41) is 2.42. The van der Waals surface area contributed by atoms with Crippen molar-refractivity contribution in [2.24, 2.45) is 0 Å². The largest absolute Gasteiger partial charge is 0.421 e. The summed E-state index contributed by atoms with van der Waals surface area (Å²) in [6.45, 7) is 3.04. The number of anilines is 1. The van der Waals surface area contributed by atoms with Crippen LogP contribution in [0.25, 0.3) is 0 Å². The van der Waals surface area contributed by atoms with E-state index in [4.69, 9.17) is 4.74 Å². The van der Waals surface area contributed by atoms with Crippen LogP contribution in [0.5, 0.6) is 11.8 Å². The summed E-state index contributed by atoms with van der Waals surface area (Å²) in [7, 11) is 0. The highest BCUT2D eigenvalue weighted by Gasteiger charge is 2.35. The number of aromatic nitrogens is 2. The minimum Gasteiger partial charge on any atom is -0.421 e. The number of nitrogens with zero attached hydrogens (tertiary/aromatic N) is 2. The summed E-state index contributed by atoms with van der Waals surface area (Å²) in [5.41, 5.74) is -0.921. The Morgan fingerprint density at radius 3 is 2.17 bits per heavy atom. The van der Waals surface area contributed by atoms with Gasteiger partial charge in [0.2, 0.25) is 0 Å². The second-order valence-corrected chi connectivity index (χ2v) is 6.08. The average Bonchev–Trinajstić information content (AvgIpc) is 2.66. The lowest BCUT2D eigenvalue weighted by molar-refractivity contribution is -0.137. The van der Waals surface area contributed by atoms with E-state index < -0.39 is 29.0 Å². The molecule has 0 aliphatic rings. The molecule has 9 heteroatoms. The zero-order valence-electron chi connectivity index (χ0n) is 15.3. The molecule has 0 aliphatic carbocycles. The first kappa shape index (κ1) is 20.2. The van der Waals surface area contributed by atoms with Crippen molar-refractivity contribution in [1.82, 2.24) is 9.97 Å². The molecule has 0 radical (unpaired) electrons. The van der Waals surface area contributed by atoms with Crippen molar-refractivity contribution in [1.29, 1.82) is 0 Å². The maximum atomic E-state index is 13.7. The molecule has 0 fully saturated rings. The van der Waals surface area contributed by atoms with Crippen LogP contribution in [-0.4, -0.2) is 15.9 Å². The number of alkyl halides is 3. The third-order valence-electron chi connectivity index (χ3n) is 4.00. The van der Waals surface area contributed by atoms with E-state index in [2.05, 4.69) is 15.3 Å². The Balaban J connectivity index is 1.88. The zero-order valence-corrected chi connectivity index (χ0v) is 15.3. The monoisotopic (exact) mass is 405 g/mol. The highest BCUT2D eigenvalue weighted by molar-refractivity contribution is 6.06. The molecule has 150 valence electrons. The van der Waals surface area contributed by atoms with Crippen LogP contribution in [0.4, 0.5) is 23.2 Å². The molecule has 29 heavy (non-hydrogen) atoms. The Labute approximate surface area is 163 Å². The number of hydrogen-bond acceptors (Lipinski definition) is 4.